The number of pyridine rings is 1. The lowest BCUT2D eigenvalue weighted by Gasteiger charge is -2.02. The topological polar surface area (TPSA) is 95.4 Å². The quantitative estimate of drug-likeness (QED) is 0.437. The maximum atomic E-state index is 12.6. The third-order valence-electron chi connectivity index (χ3n) is 4.53. The first-order valence-electron chi connectivity index (χ1n) is 8.99. The molecule has 148 valence electrons. The molecule has 0 aliphatic carbocycles. The molecule has 0 amide bonds. The van der Waals surface area contributed by atoms with E-state index in [1.807, 2.05) is 36.4 Å². The lowest BCUT2D eigenvalue weighted by Crippen LogP contribution is -2.04. The molecule has 0 spiro atoms. The van der Waals surface area contributed by atoms with Crippen LogP contribution in [0.25, 0.3) is 33.6 Å². The van der Waals surface area contributed by atoms with E-state index in [4.69, 9.17) is 4.42 Å². The van der Waals surface area contributed by atoms with Crippen molar-refractivity contribution in [3.05, 3.63) is 72.4 Å². The summed E-state index contributed by atoms with van der Waals surface area (Å²) in [7, 11) is 0. The summed E-state index contributed by atoms with van der Waals surface area (Å²) in [6, 6.07) is 14.8. The number of nitrogens with zero attached hydrogens (tertiary/aromatic N) is 7. The molecule has 0 aliphatic heterocycles. The molecule has 0 unspecified atom stereocenters. The van der Waals surface area contributed by atoms with E-state index in [9.17, 15) is 8.78 Å². The Bertz CT molecular complexity index is 1310. The Balaban J connectivity index is 1.36. The molecule has 3 heterocycles. The minimum atomic E-state index is -2.80. The number of fused-ring (bicyclic) bond motifs is 1. The molecule has 0 aliphatic rings. The summed E-state index contributed by atoms with van der Waals surface area (Å²) in [6.07, 6.45) is 0.723. The number of benzene rings is 2. The van der Waals surface area contributed by atoms with Gasteiger partial charge in [0.25, 0.3) is 5.89 Å². The summed E-state index contributed by atoms with van der Waals surface area (Å²) >= 11 is 0. The van der Waals surface area contributed by atoms with Crippen molar-refractivity contribution >= 4 is 10.8 Å². The average molecular weight is 405 g/mol. The van der Waals surface area contributed by atoms with Crippen molar-refractivity contribution < 1.29 is 13.2 Å². The molecule has 0 N–H and O–H groups in total. The standard InChI is InChI=1S/C20H13F2N7O/c21-17(22)20-26-25-19(30-20)13-6-4-12(5-7-13)11-29-27-18(24-28-29)16-3-1-2-14-10-23-9-8-15(14)16/h1-10,17H,11H2. The van der Waals surface area contributed by atoms with Crippen LogP contribution in [0.5, 0.6) is 0 Å². The first kappa shape index (κ1) is 18.0. The van der Waals surface area contributed by atoms with E-state index < -0.39 is 12.3 Å². The molecule has 3 aromatic heterocycles. The Morgan fingerprint density at radius 3 is 2.63 bits per heavy atom. The molecule has 0 atom stereocenters. The van der Waals surface area contributed by atoms with E-state index in [2.05, 4.69) is 30.6 Å². The number of hydrogen-bond donors (Lipinski definition) is 0. The maximum Gasteiger partial charge on any atom is 0.314 e. The van der Waals surface area contributed by atoms with Gasteiger partial charge in [0.05, 0.1) is 6.54 Å². The van der Waals surface area contributed by atoms with Crippen LogP contribution in [0.2, 0.25) is 0 Å². The van der Waals surface area contributed by atoms with Crippen LogP contribution in [-0.4, -0.2) is 35.4 Å². The fourth-order valence-corrected chi connectivity index (χ4v) is 3.09. The predicted octanol–water partition coefficient (Wildman–Crippen LogP) is 3.92. The molecule has 0 saturated carbocycles. The zero-order valence-electron chi connectivity index (χ0n) is 15.4. The molecule has 0 saturated heterocycles. The molecule has 0 fully saturated rings. The van der Waals surface area contributed by atoms with Gasteiger partial charge < -0.3 is 4.42 Å². The van der Waals surface area contributed by atoms with Crippen molar-refractivity contribution in [2.75, 3.05) is 0 Å². The number of tetrazole rings is 1. The van der Waals surface area contributed by atoms with Gasteiger partial charge in [0.2, 0.25) is 11.7 Å². The average Bonchev–Trinajstić information content (AvgIpc) is 3.44. The molecular formula is C20H13F2N7O. The van der Waals surface area contributed by atoms with Gasteiger partial charge in [-0.15, -0.1) is 20.4 Å². The minimum absolute atomic E-state index is 0.0449. The van der Waals surface area contributed by atoms with E-state index in [0.717, 1.165) is 21.9 Å². The highest BCUT2D eigenvalue weighted by Gasteiger charge is 2.17. The summed E-state index contributed by atoms with van der Waals surface area (Å²) in [5, 5.41) is 21.8. The van der Waals surface area contributed by atoms with Crippen LogP contribution in [0.3, 0.4) is 0 Å². The molecule has 5 rings (SSSR count). The molecule has 0 radical (unpaired) electrons. The van der Waals surface area contributed by atoms with Gasteiger partial charge in [0.15, 0.2) is 0 Å². The predicted molar refractivity (Wildman–Crippen MR) is 102 cm³/mol. The van der Waals surface area contributed by atoms with Gasteiger partial charge in [-0.1, -0.05) is 30.3 Å². The van der Waals surface area contributed by atoms with Gasteiger partial charge in [-0.2, -0.15) is 13.6 Å². The van der Waals surface area contributed by atoms with Crippen LogP contribution >= 0.6 is 0 Å². The minimum Gasteiger partial charge on any atom is -0.415 e. The van der Waals surface area contributed by atoms with Crippen LogP contribution in [0.1, 0.15) is 17.9 Å². The van der Waals surface area contributed by atoms with Gasteiger partial charge >= 0.3 is 6.43 Å². The SMILES string of the molecule is FC(F)c1nnc(-c2ccc(Cn3nnc(-c4cccc5cnccc45)n3)cc2)o1. The zero-order chi connectivity index (χ0) is 20.5. The fraction of sp³-hybridized carbons (Fsp3) is 0.100. The number of halogens is 2. The van der Waals surface area contributed by atoms with Gasteiger partial charge in [-0.05, 0) is 34.4 Å². The number of aromatic nitrogens is 7. The van der Waals surface area contributed by atoms with Crippen molar-refractivity contribution in [1.82, 2.24) is 35.4 Å². The van der Waals surface area contributed by atoms with Gasteiger partial charge in [0, 0.05) is 28.9 Å². The monoisotopic (exact) mass is 405 g/mol. The summed E-state index contributed by atoms with van der Waals surface area (Å²) < 4.78 is 30.1. The summed E-state index contributed by atoms with van der Waals surface area (Å²) in [6.45, 7) is 0.395. The van der Waals surface area contributed by atoms with Crippen LogP contribution in [0.15, 0.2) is 65.3 Å². The summed E-state index contributed by atoms with van der Waals surface area (Å²) in [5.41, 5.74) is 2.33. The second-order valence-electron chi connectivity index (χ2n) is 6.49. The van der Waals surface area contributed by atoms with Crippen molar-refractivity contribution in [2.24, 2.45) is 0 Å². The Hall–Kier alpha value is -4.08. The van der Waals surface area contributed by atoms with Crippen molar-refractivity contribution in [2.45, 2.75) is 13.0 Å². The largest absolute Gasteiger partial charge is 0.415 e. The zero-order valence-corrected chi connectivity index (χ0v) is 15.4. The highest BCUT2D eigenvalue weighted by atomic mass is 19.3. The van der Waals surface area contributed by atoms with Gasteiger partial charge in [-0.25, -0.2) is 0 Å². The Morgan fingerprint density at radius 1 is 0.967 bits per heavy atom. The molecule has 8 nitrogen and oxygen atoms in total. The Morgan fingerprint density at radius 2 is 1.83 bits per heavy atom. The van der Waals surface area contributed by atoms with Crippen molar-refractivity contribution in [1.29, 1.82) is 0 Å². The molecule has 30 heavy (non-hydrogen) atoms. The van der Waals surface area contributed by atoms with Crippen LogP contribution in [0.4, 0.5) is 8.78 Å². The Labute approximate surface area is 168 Å². The van der Waals surface area contributed by atoms with Gasteiger partial charge in [-0.3, -0.25) is 4.98 Å². The number of rotatable bonds is 5. The summed E-state index contributed by atoms with van der Waals surface area (Å²) in [4.78, 5) is 5.63. The second-order valence-corrected chi connectivity index (χ2v) is 6.49. The van der Waals surface area contributed by atoms with E-state index in [1.54, 1.807) is 24.5 Å². The van der Waals surface area contributed by atoms with Gasteiger partial charge in [0.1, 0.15) is 0 Å². The fourth-order valence-electron chi connectivity index (χ4n) is 3.09. The third kappa shape index (κ3) is 3.39. The molecule has 2 aromatic carbocycles. The molecule has 0 bridgehead atoms. The highest BCUT2D eigenvalue weighted by Crippen LogP contribution is 2.25. The molecule has 10 heteroatoms. The molecular weight excluding hydrogens is 392 g/mol. The van der Waals surface area contributed by atoms with E-state index in [1.165, 1.54) is 4.80 Å². The van der Waals surface area contributed by atoms with Crippen molar-refractivity contribution in [3.8, 4) is 22.8 Å². The third-order valence-corrected chi connectivity index (χ3v) is 4.53. The number of hydrogen-bond acceptors (Lipinski definition) is 7. The number of alkyl halides is 2. The summed E-state index contributed by atoms with van der Waals surface area (Å²) in [5.74, 6) is -0.130. The first-order valence-corrected chi connectivity index (χ1v) is 8.99. The maximum absolute atomic E-state index is 12.6. The highest BCUT2D eigenvalue weighted by molar-refractivity contribution is 5.94. The van der Waals surface area contributed by atoms with Crippen LogP contribution < -0.4 is 0 Å². The van der Waals surface area contributed by atoms with Crippen LogP contribution in [0, 0.1) is 0 Å². The first-order chi connectivity index (χ1) is 14.7. The van der Waals surface area contributed by atoms with E-state index >= 15 is 0 Å². The normalized spacial score (nSPS) is 11.4. The van der Waals surface area contributed by atoms with Crippen molar-refractivity contribution in [3.63, 3.8) is 0 Å². The molecule has 5 aromatic rings. The smallest absolute Gasteiger partial charge is 0.314 e. The second kappa shape index (κ2) is 7.39. The lowest BCUT2D eigenvalue weighted by molar-refractivity contribution is 0.116. The van der Waals surface area contributed by atoms with E-state index in [-0.39, 0.29) is 5.89 Å². The lowest BCUT2D eigenvalue weighted by atomic mass is 10.1. The van der Waals surface area contributed by atoms with Crippen LogP contribution in [-0.2, 0) is 6.54 Å². The van der Waals surface area contributed by atoms with E-state index in [0.29, 0.717) is 17.9 Å². The Kier molecular flexibility index (Phi) is 4.43.